The third kappa shape index (κ3) is 0.703. The topological polar surface area (TPSA) is 0 Å². The number of fused-ring (bicyclic) bond motifs is 10. The quantitative estimate of drug-likeness (QED) is 0.559. The fourth-order valence-electron chi connectivity index (χ4n) is 7.92. The predicted octanol–water partition coefficient (Wildman–Crippen LogP) is 4.13. The van der Waals surface area contributed by atoms with Gasteiger partial charge in [0.15, 0.2) is 0 Å². The van der Waals surface area contributed by atoms with Crippen LogP contribution in [0.4, 0.5) is 0 Å². The van der Waals surface area contributed by atoms with E-state index in [1.165, 1.54) is 17.8 Å². The summed E-state index contributed by atoms with van der Waals surface area (Å²) in [7, 11) is 0. The van der Waals surface area contributed by atoms with Crippen molar-refractivity contribution in [2.24, 2.45) is 59.2 Å². The maximum atomic E-state index is 2.62. The van der Waals surface area contributed by atoms with Crippen molar-refractivity contribution in [1.82, 2.24) is 0 Å². The van der Waals surface area contributed by atoms with Gasteiger partial charge in [-0.05, 0) is 84.9 Å². The first-order valence-corrected chi connectivity index (χ1v) is 8.53. The molecule has 0 heterocycles. The summed E-state index contributed by atoms with van der Waals surface area (Å²) in [6.45, 7) is 5.19. The van der Waals surface area contributed by atoms with E-state index < -0.39 is 0 Å². The maximum Gasteiger partial charge on any atom is -0.00950 e. The minimum atomic E-state index is 0.984. The number of hydrogen-bond donors (Lipinski definition) is 0. The van der Waals surface area contributed by atoms with E-state index in [9.17, 15) is 0 Å². The van der Waals surface area contributed by atoms with Gasteiger partial charge in [0, 0.05) is 0 Å². The SMILES string of the molecule is CC1C2=C(C3CCC13)C1C2C(C)C2C3CCC3C12. The van der Waals surface area contributed by atoms with Gasteiger partial charge in [-0.3, -0.25) is 0 Å². The Balaban J connectivity index is 1.45. The highest BCUT2D eigenvalue weighted by atomic mass is 14.8. The van der Waals surface area contributed by atoms with E-state index in [1.807, 2.05) is 5.57 Å². The number of hydrogen-bond acceptors (Lipinski definition) is 0. The zero-order valence-corrected chi connectivity index (χ0v) is 11.6. The molecule has 0 aliphatic heterocycles. The van der Waals surface area contributed by atoms with Gasteiger partial charge >= 0.3 is 0 Å². The van der Waals surface area contributed by atoms with Gasteiger partial charge in [0.25, 0.3) is 0 Å². The van der Waals surface area contributed by atoms with Crippen molar-refractivity contribution in [1.29, 1.82) is 0 Å². The molecular weight excluding hydrogens is 216 g/mol. The molecule has 0 saturated heterocycles. The second-order valence-electron chi connectivity index (χ2n) is 8.52. The Bertz CT molecular complexity index is 486. The van der Waals surface area contributed by atoms with E-state index in [4.69, 9.17) is 0 Å². The minimum Gasteiger partial charge on any atom is -0.0633 e. The van der Waals surface area contributed by atoms with E-state index in [-0.39, 0.29) is 0 Å². The Hall–Kier alpha value is -0.260. The summed E-state index contributed by atoms with van der Waals surface area (Å²) < 4.78 is 0. The van der Waals surface area contributed by atoms with Gasteiger partial charge in [0.2, 0.25) is 0 Å². The molecule has 96 valence electrons. The molecule has 4 fully saturated rings. The van der Waals surface area contributed by atoms with Crippen LogP contribution in [0, 0.1) is 59.2 Å². The molecule has 0 heteroatoms. The normalized spacial score (nSPS) is 69.7. The molecule has 0 amide bonds. The smallest absolute Gasteiger partial charge is 0.00950 e. The first-order valence-electron chi connectivity index (χ1n) is 8.53. The van der Waals surface area contributed by atoms with E-state index >= 15 is 0 Å². The van der Waals surface area contributed by atoms with E-state index in [0.29, 0.717) is 0 Å². The van der Waals surface area contributed by atoms with Crippen molar-refractivity contribution < 1.29 is 0 Å². The Labute approximate surface area is 110 Å². The summed E-state index contributed by atoms with van der Waals surface area (Å²) in [6.07, 6.45) is 6.28. The summed E-state index contributed by atoms with van der Waals surface area (Å²) >= 11 is 0. The van der Waals surface area contributed by atoms with Gasteiger partial charge < -0.3 is 0 Å². The molecule has 0 nitrogen and oxygen atoms in total. The van der Waals surface area contributed by atoms with Crippen LogP contribution in [0.1, 0.15) is 39.5 Å². The standard InChI is InChI=1S/C18H24/c1-7-9-3-4-10(9)17-14(7)15-8(2)13-11-5-6-12(11)16(13)18(15)17/h7-13,15-16,18H,3-6H2,1-2H3. The van der Waals surface area contributed by atoms with Crippen LogP contribution in [0.2, 0.25) is 0 Å². The highest BCUT2D eigenvalue weighted by molar-refractivity contribution is 5.47. The summed E-state index contributed by atoms with van der Waals surface area (Å²) in [5.41, 5.74) is 4.09. The van der Waals surface area contributed by atoms with Crippen molar-refractivity contribution in [2.75, 3.05) is 0 Å². The average molecular weight is 240 g/mol. The second-order valence-corrected chi connectivity index (χ2v) is 8.52. The third-order valence-electron chi connectivity index (χ3n) is 8.70. The Morgan fingerprint density at radius 2 is 1.44 bits per heavy atom. The van der Waals surface area contributed by atoms with Crippen LogP contribution >= 0.6 is 0 Å². The van der Waals surface area contributed by atoms with Crippen LogP contribution in [0.25, 0.3) is 0 Å². The van der Waals surface area contributed by atoms with E-state index in [2.05, 4.69) is 19.4 Å². The highest BCUT2D eigenvalue weighted by Crippen LogP contribution is 2.79. The summed E-state index contributed by atoms with van der Waals surface area (Å²) in [5.74, 6) is 11.1. The summed E-state index contributed by atoms with van der Waals surface area (Å²) in [4.78, 5) is 0. The Morgan fingerprint density at radius 1 is 0.722 bits per heavy atom. The molecule has 0 bridgehead atoms. The summed E-state index contributed by atoms with van der Waals surface area (Å²) in [5, 5.41) is 0. The molecule has 0 spiro atoms. The van der Waals surface area contributed by atoms with Crippen LogP contribution in [-0.4, -0.2) is 0 Å². The van der Waals surface area contributed by atoms with E-state index in [0.717, 1.165) is 41.4 Å². The first kappa shape index (κ1) is 9.61. The Kier molecular flexibility index (Phi) is 1.40. The second kappa shape index (κ2) is 2.63. The van der Waals surface area contributed by atoms with Crippen LogP contribution in [0.15, 0.2) is 11.1 Å². The molecule has 0 aromatic rings. The van der Waals surface area contributed by atoms with Crippen LogP contribution in [-0.2, 0) is 0 Å². The molecule has 10 atom stereocenters. The largest absolute Gasteiger partial charge is 0.0633 e. The molecule has 0 N–H and O–H groups in total. The van der Waals surface area contributed by atoms with Gasteiger partial charge in [-0.2, -0.15) is 0 Å². The average Bonchev–Trinajstić information content (AvgIpc) is 2.51. The van der Waals surface area contributed by atoms with Crippen molar-refractivity contribution in [3.63, 3.8) is 0 Å². The van der Waals surface area contributed by atoms with E-state index in [1.54, 1.807) is 25.7 Å². The number of rotatable bonds is 0. The molecule has 0 aromatic carbocycles. The van der Waals surface area contributed by atoms with Gasteiger partial charge in [-0.25, -0.2) is 0 Å². The van der Waals surface area contributed by atoms with Crippen LogP contribution < -0.4 is 0 Å². The molecule has 0 aromatic heterocycles. The molecule has 0 radical (unpaired) electrons. The monoisotopic (exact) mass is 240 g/mol. The fraction of sp³-hybridized carbons (Fsp3) is 0.889. The van der Waals surface area contributed by atoms with Crippen molar-refractivity contribution in [3.05, 3.63) is 11.1 Å². The predicted molar refractivity (Wildman–Crippen MR) is 71.7 cm³/mol. The molecule has 10 unspecified atom stereocenters. The lowest BCUT2D eigenvalue weighted by Crippen LogP contribution is -2.54. The van der Waals surface area contributed by atoms with Gasteiger partial charge in [0.1, 0.15) is 0 Å². The highest BCUT2D eigenvalue weighted by Gasteiger charge is 2.72. The fourth-order valence-corrected chi connectivity index (χ4v) is 7.92. The first-order chi connectivity index (χ1) is 8.79. The minimum absolute atomic E-state index is 0.984. The lowest BCUT2D eigenvalue weighted by Gasteiger charge is -2.60. The van der Waals surface area contributed by atoms with Crippen molar-refractivity contribution >= 4 is 0 Å². The molecule has 18 heavy (non-hydrogen) atoms. The third-order valence-corrected chi connectivity index (χ3v) is 8.70. The van der Waals surface area contributed by atoms with Gasteiger partial charge in [-0.15, -0.1) is 0 Å². The molecule has 4 saturated carbocycles. The van der Waals surface area contributed by atoms with Crippen molar-refractivity contribution in [3.8, 4) is 0 Å². The number of allylic oxidation sites excluding steroid dienone is 2. The molecule has 6 aliphatic carbocycles. The molecular formula is C18H24. The van der Waals surface area contributed by atoms with Crippen LogP contribution in [0.3, 0.4) is 0 Å². The summed E-state index contributed by atoms with van der Waals surface area (Å²) in [6, 6.07) is 0. The Morgan fingerprint density at radius 3 is 2.11 bits per heavy atom. The van der Waals surface area contributed by atoms with Crippen molar-refractivity contribution in [2.45, 2.75) is 39.5 Å². The molecule has 6 rings (SSSR count). The maximum absolute atomic E-state index is 2.62. The zero-order chi connectivity index (χ0) is 11.8. The lowest BCUT2D eigenvalue weighted by atomic mass is 9.44. The molecule has 6 aliphatic rings. The lowest BCUT2D eigenvalue weighted by molar-refractivity contribution is -0.109. The van der Waals surface area contributed by atoms with Crippen LogP contribution in [0.5, 0.6) is 0 Å². The van der Waals surface area contributed by atoms with Gasteiger partial charge in [-0.1, -0.05) is 25.0 Å². The van der Waals surface area contributed by atoms with Gasteiger partial charge in [0.05, 0.1) is 0 Å². The zero-order valence-electron chi connectivity index (χ0n) is 11.6.